The zero-order valence-corrected chi connectivity index (χ0v) is 12.5. The molecule has 1 aromatic carbocycles. The number of aliphatic hydroxyl groups is 1. The fraction of sp³-hybridized carbons (Fsp3) is 0.188. The van der Waals surface area contributed by atoms with Crippen molar-refractivity contribution >= 4 is 23.7 Å². The highest BCUT2D eigenvalue weighted by atomic mass is 32.2. The van der Waals surface area contributed by atoms with Crippen LogP contribution in [0.15, 0.2) is 58.2 Å². The van der Waals surface area contributed by atoms with Gasteiger partial charge < -0.3 is 14.8 Å². The Morgan fingerprint density at radius 2 is 2.14 bits per heavy atom. The lowest BCUT2D eigenvalue weighted by atomic mass is 10.1. The van der Waals surface area contributed by atoms with E-state index in [2.05, 4.69) is 5.32 Å². The Morgan fingerprint density at radius 1 is 1.38 bits per heavy atom. The van der Waals surface area contributed by atoms with Crippen molar-refractivity contribution in [1.82, 2.24) is 5.32 Å². The van der Waals surface area contributed by atoms with Crippen LogP contribution in [0.4, 0.5) is 0 Å². The molecule has 1 aromatic heterocycles. The molecule has 0 aliphatic rings. The average Bonchev–Trinajstić information content (AvgIpc) is 3.04. The topological polar surface area (TPSA) is 62.5 Å². The maximum Gasteiger partial charge on any atom is 0.244 e. The third-order valence-corrected chi connectivity index (χ3v) is 3.68. The van der Waals surface area contributed by atoms with Gasteiger partial charge in [0.05, 0.1) is 18.6 Å². The Hall–Kier alpha value is -1.98. The largest absolute Gasteiger partial charge is 0.472 e. The Labute approximate surface area is 127 Å². The molecule has 110 valence electrons. The molecule has 0 aliphatic carbocycles. The molecule has 1 atom stereocenters. The maximum atomic E-state index is 11.6. The molecule has 2 N–H and O–H groups in total. The van der Waals surface area contributed by atoms with Crippen molar-refractivity contribution < 1.29 is 14.3 Å². The Morgan fingerprint density at radius 3 is 2.76 bits per heavy atom. The number of aliphatic hydroxyl groups excluding tert-OH is 1. The van der Waals surface area contributed by atoms with Crippen LogP contribution in [0.2, 0.25) is 0 Å². The van der Waals surface area contributed by atoms with E-state index in [1.807, 2.05) is 30.5 Å². The summed E-state index contributed by atoms with van der Waals surface area (Å²) in [7, 11) is 0. The van der Waals surface area contributed by atoms with E-state index in [-0.39, 0.29) is 12.5 Å². The normalized spacial score (nSPS) is 12.5. The second-order valence-electron chi connectivity index (χ2n) is 4.42. The number of carbonyl (C=O) groups is 1. The van der Waals surface area contributed by atoms with Gasteiger partial charge in [0.15, 0.2) is 0 Å². The van der Waals surface area contributed by atoms with Gasteiger partial charge in [-0.15, -0.1) is 11.8 Å². The summed E-state index contributed by atoms with van der Waals surface area (Å²) in [5, 5.41) is 12.7. The van der Waals surface area contributed by atoms with E-state index >= 15 is 0 Å². The number of hydrogen-bond acceptors (Lipinski definition) is 4. The van der Waals surface area contributed by atoms with Crippen LogP contribution in [0.1, 0.15) is 17.2 Å². The second kappa shape index (κ2) is 7.71. The molecule has 1 heterocycles. The van der Waals surface area contributed by atoms with E-state index in [0.717, 1.165) is 16.0 Å². The van der Waals surface area contributed by atoms with Crippen LogP contribution < -0.4 is 5.32 Å². The minimum atomic E-state index is -0.716. The van der Waals surface area contributed by atoms with Crippen LogP contribution in [0.25, 0.3) is 6.08 Å². The molecule has 0 radical (unpaired) electrons. The van der Waals surface area contributed by atoms with Crippen LogP contribution in [0.3, 0.4) is 0 Å². The first kappa shape index (κ1) is 15.4. The van der Waals surface area contributed by atoms with Crippen LogP contribution >= 0.6 is 11.8 Å². The number of hydrogen-bond donors (Lipinski definition) is 2. The molecule has 2 aromatic rings. The Bertz CT molecular complexity index is 590. The highest BCUT2D eigenvalue weighted by molar-refractivity contribution is 7.98. The summed E-state index contributed by atoms with van der Waals surface area (Å²) in [6.07, 6.45) is 7.43. The van der Waals surface area contributed by atoms with E-state index < -0.39 is 6.10 Å². The highest BCUT2D eigenvalue weighted by Crippen LogP contribution is 2.18. The molecule has 4 nitrogen and oxygen atoms in total. The number of nitrogens with one attached hydrogen (secondary N) is 1. The fourth-order valence-electron chi connectivity index (χ4n) is 1.74. The van der Waals surface area contributed by atoms with Gasteiger partial charge >= 0.3 is 0 Å². The van der Waals surface area contributed by atoms with Crippen LogP contribution in [-0.2, 0) is 4.79 Å². The van der Waals surface area contributed by atoms with Crippen molar-refractivity contribution in [3.8, 4) is 0 Å². The van der Waals surface area contributed by atoms with Gasteiger partial charge in [0.1, 0.15) is 0 Å². The van der Waals surface area contributed by atoms with E-state index in [0.29, 0.717) is 0 Å². The van der Waals surface area contributed by atoms with Crippen molar-refractivity contribution in [2.75, 3.05) is 12.8 Å². The van der Waals surface area contributed by atoms with Crippen molar-refractivity contribution in [2.45, 2.75) is 11.0 Å². The number of amides is 1. The summed E-state index contributed by atoms with van der Waals surface area (Å²) in [4.78, 5) is 12.8. The Balaban J connectivity index is 1.82. The fourth-order valence-corrected chi connectivity index (χ4v) is 2.15. The monoisotopic (exact) mass is 303 g/mol. The lowest BCUT2D eigenvalue weighted by molar-refractivity contribution is -0.116. The minimum Gasteiger partial charge on any atom is -0.472 e. The second-order valence-corrected chi connectivity index (χ2v) is 5.30. The molecule has 21 heavy (non-hydrogen) atoms. The highest BCUT2D eigenvalue weighted by Gasteiger charge is 2.08. The van der Waals surface area contributed by atoms with Gasteiger partial charge in [0, 0.05) is 23.1 Å². The summed E-state index contributed by atoms with van der Waals surface area (Å²) < 4.78 is 4.90. The molecule has 0 spiro atoms. The molecule has 2 rings (SSSR count). The Kier molecular flexibility index (Phi) is 5.66. The van der Waals surface area contributed by atoms with Gasteiger partial charge in [-0.2, -0.15) is 0 Å². The number of thioether (sulfide) groups is 1. The van der Waals surface area contributed by atoms with Gasteiger partial charge in [0.25, 0.3) is 0 Å². The molecule has 5 heteroatoms. The molecular formula is C16H17NO3S. The van der Waals surface area contributed by atoms with Crippen molar-refractivity contribution in [2.24, 2.45) is 0 Å². The van der Waals surface area contributed by atoms with Crippen LogP contribution in [0.5, 0.6) is 0 Å². The third-order valence-electron chi connectivity index (χ3n) is 2.94. The number of carbonyl (C=O) groups excluding carboxylic acids is 1. The summed E-state index contributed by atoms with van der Waals surface area (Å²) in [6.45, 7) is 0.174. The predicted octanol–water partition coefficient (Wildman–Crippen LogP) is 2.86. The van der Waals surface area contributed by atoms with Gasteiger partial charge in [-0.25, -0.2) is 0 Å². The number of benzene rings is 1. The predicted molar refractivity (Wildman–Crippen MR) is 83.9 cm³/mol. The smallest absolute Gasteiger partial charge is 0.244 e. The van der Waals surface area contributed by atoms with Gasteiger partial charge in [0.2, 0.25) is 5.91 Å². The van der Waals surface area contributed by atoms with Crippen molar-refractivity contribution in [3.63, 3.8) is 0 Å². The van der Waals surface area contributed by atoms with Crippen LogP contribution in [-0.4, -0.2) is 23.8 Å². The number of furan rings is 1. The minimum absolute atomic E-state index is 0.174. The molecule has 0 aliphatic heterocycles. The lowest BCUT2D eigenvalue weighted by Gasteiger charge is -2.11. The van der Waals surface area contributed by atoms with E-state index in [1.165, 1.54) is 6.08 Å². The van der Waals surface area contributed by atoms with Gasteiger partial charge in [-0.3, -0.25) is 4.79 Å². The molecule has 0 bridgehead atoms. The molecule has 0 fully saturated rings. The first-order chi connectivity index (χ1) is 10.2. The van der Waals surface area contributed by atoms with E-state index in [1.54, 1.807) is 36.4 Å². The van der Waals surface area contributed by atoms with Gasteiger partial charge in [-0.05, 0) is 36.1 Å². The number of rotatable bonds is 6. The lowest BCUT2D eigenvalue weighted by Crippen LogP contribution is -2.26. The molecule has 0 unspecified atom stereocenters. The zero-order valence-electron chi connectivity index (χ0n) is 11.7. The van der Waals surface area contributed by atoms with Gasteiger partial charge in [-0.1, -0.05) is 12.1 Å². The third kappa shape index (κ3) is 4.81. The molecular weight excluding hydrogens is 286 g/mol. The molecule has 0 saturated carbocycles. The van der Waals surface area contributed by atoms with E-state index in [9.17, 15) is 9.90 Å². The summed E-state index contributed by atoms with van der Waals surface area (Å²) in [6, 6.07) is 9.38. The maximum absolute atomic E-state index is 11.6. The first-order valence-electron chi connectivity index (χ1n) is 6.49. The quantitative estimate of drug-likeness (QED) is 0.636. The summed E-state index contributed by atoms with van der Waals surface area (Å²) in [5.41, 5.74) is 1.60. The summed E-state index contributed by atoms with van der Waals surface area (Å²) in [5.74, 6) is -0.254. The van der Waals surface area contributed by atoms with Crippen LogP contribution in [0, 0.1) is 0 Å². The first-order valence-corrected chi connectivity index (χ1v) is 7.71. The van der Waals surface area contributed by atoms with Crippen molar-refractivity contribution in [1.29, 1.82) is 0 Å². The SMILES string of the molecule is CSc1ccc([C@@H](O)CNC(=O)/C=C/c2ccoc2)cc1. The molecule has 1 amide bonds. The standard InChI is InChI=1S/C16H17NO3S/c1-21-14-5-3-13(4-6-14)15(18)10-17-16(19)7-2-12-8-9-20-11-12/h2-9,11,15,18H,10H2,1H3,(H,17,19)/b7-2+/t15-/m0/s1. The molecule has 0 saturated heterocycles. The average molecular weight is 303 g/mol. The zero-order chi connectivity index (χ0) is 15.1. The van der Waals surface area contributed by atoms with E-state index in [4.69, 9.17) is 4.42 Å². The van der Waals surface area contributed by atoms with Crippen molar-refractivity contribution in [3.05, 3.63) is 60.1 Å². The summed E-state index contributed by atoms with van der Waals surface area (Å²) >= 11 is 1.64.